The second-order valence-electron chi connectivity index (χ2n) is 4.39. The van der Waals surface area contributed by atoms with E-state index in [2.05, 4.69) is 5.32 Å². The van der Waals surface area contributed by atoms with Gasteiger partial charge in [-0.15, -0.1) is 0 Å². The van der Waals surface area contributed by atoms with E-state index in [-0.39, 0.29) is 17.9 Å². The summed E-state index contributed by atoms with van der Waals surface area (Å²) in [4.78, 5) is 11.7. The Morgan fingerprint density at radius 3 is 2.50 bits per heavy atom. The zero-order chi connectivity index (χ0) is 14.7. The molecule has 2 nitrogen and oxygen atoms in total. The predicted molar refractivity (Wildman–Crippen MR) is 68.7 cm³/mol. The van der Waals surface area contributed by atoms with Gasteiger partial charge in [0, 0.05) is 6.54 Å². The van der Waals surface area contributed by atoms with E-state index in [1.54, 1.807) is 19.1 Å². The van der Waals surface area contributed by atoms with Crippen LogP contribution >= 0.6 is 0 Å². The molecule has 0 aliphatic heterocycles. The van der Waals surface area contributed by atoms with E-state index < -0.39 is 17.5 Å². The third kappa shape index (κ3) is 3.17. The van der Waals surface area contributed by atoms with Crippen molar-refractivity contribution in [3.05, 3.63) is 70.5 Å². The molecule has 0 heterocycles. The smallest absolute Gasteiger partial charge is 0.254 e. The van der Waals surface area contributed by atoms with E-state index in [0.29, 0.717) is 11.1 Å². The number of halogens is 3. The second-order valence-corrected chi connectivity index (χ2v) is 4.39. The predicted octanol–water partition coefficient (Wildman–Crippen LogP) is 3.34. The molecule has 5 heteroatoms. The highest BCUT2D eigenvalue weighted by Crippen LogP contribution is 2.11. The van der Waals surface area contributed by atoms with Crippen LogP contribution in [0, 0.1) is 24.4 Å². The Morgan fingerprint density at radius 2 is 1.80 bits per heavy atom. The van der Waals surface area contributed by atoms with E-state index >= 15 is 0 Å². The lowest BCUT2D eigenvalue weighted by molar-refractivity contribution is 0.0946. The van der Waals surface area contributed by atoms with Crippen LogP contribution in [0.3, 0.4) is 0 Å². The van der Waals surface area contributed by atoms with Crippen LogP contribution in [0.5, 0.6) is 0 Å². The normalized spacial score (nSPS) is 10.4. The molecule has 0 aromatic heterocycles. The minimum absolute atomic E-state index is 0.0337. The molecule has 2 aromatic rings. The maximum Gasteiger partial charge on any atom is 0.254 e. The number of benzene rings is 2. The lowest BCUT2D eigenvalue weighted by atomic mass is 10.1. The van der Waals surface area contributed by atoms with Crippen LogP contribution in [0.15, 0.2) is 36.4 Å². The molecule has 0 radical (unpaired) electrons. The summed E-state index contributed by atoms with van der Waals surface area (Å²) in [5.41, 5.74) is 0.659. The first-order chi connectivity index (χ1) is 9.47. The number of carbonyl (C=O) groups excluding carboxylic acids is 1. The second kappa shape index (κ2) is 5.77. The molecule has 2 rings (SSSR count). The van der Waals surface area contributed by atoms with E-state index in [0.717, 1.165) is 18.2 Å². The summed E-state index contributed by atoms with van der Waals surface area (Å²) in [5, 5.41) is 2.42. The van der Waals surface area contributed by atoms with Crippen LogP contribution in [0.4, 0.5) is 13.2 Å². The first kappa shape index (κ1) is 14.1. The number of nitrogens with one attached hydrogen (secondary N) is 1. The molecule has 0 spiro atoms. The quantitative estimate of drug-likeness (QED) is 0.917. The standard InChI is InChI=1S/C15H12F3NO/c1-9-2-3-10(6-14(9)18)8-19-15(20)12-7-11(16)4-5-13(12)17/h2-7H,8H2,1H3,(H,19,20). The average molecular weight is 279 g/mol. The fraction of sp³-hybridized carbons (Fsp3) is 0.133. The molecule has 0 fully saturated rings. The molecule has 1 amide bonds. The van der Waals surface area contributed by atoms with Gasteiger partial charge in [-0.1, -0.05) is 12.1 Å². The van der Waals surface area contributed by atoms with Crippen molar-refractivity contribution >= 4 is 5.91 Å². The Hall–Kier alpha value is -2.30. The van der Waals surface area contributed by atoms with E-state index in [9.17, 15) is 18.0 Å². The van der Waals surface area contributed by atoms with Gasteiger partial charge < -0.3 is 5.32 Å². The molecule has 0 aliphatic carbocycles. The van der Waals surface area contributed by atoms with Gasteiger partial charge in [0.15, 0.2) is 0 Å². The molecule has 0 bridgehead atoms. The van der Waals surface area contributed by atoms with Crippen molar-refractivity contribution in [3.8, 4) is 0 Å². The average Bonchev–Trinajstić information content (AvgIpc) is 2.42. The molecule has 1 N–H and O–H groups in total. The SMILES string of the molecule is Cc1ccc(CNC(=O)c2cc(F)ccc2F)cc1F. The third-order valence-electron chi connectivity index (χ3n) is 2.86. The van der Waals surface area contributed by atoms with Gasteiger partial charge in [-0.2, -0.15) is 0 Å². The fourth-order valence-electron chi connectivity index (χ4n) is 1.70. The Bertz CT molecular complexity index is 656. The van der Waals surface area contributed by atoms with Crippen molar-refractivity contribution in [3.63, 3.8) is 0 Å². The summed E-state index contributed by atoms with van der Waals surface area (Å²) in [7, 11) is 0. The first-order valence-corrected chi connectivity index (χ1v) is 5.95. The van der Waals surface area contributed by atoms with Gasteiger partial charge >= 0.3 is 0 Å². The van der Waals surface area contributed by atoms with Gasteiger partial charge in [0.2, 0.25) is 0 Å². The van der Waals surface area contributed by atoms with Gasteiger partial charge in [-0.05, 0) is 42.3 Å². The van der Waals surface area contributed by atoms with E-state index in [1.165, 1.54) is 6.07 Å². The topological polar surface area (TPSA) is 29.1 Å². The molecule has 0 unspecified atom stereocenters. The number of aryl methyl sites for hydroxylation is 1. The monoisotopic (exact) mass is 279 g/mol. The molecule has 0 aliphatic rings. The zero-order valence-electron chi connectivity index (χ0n) is 10.7. The summed E-state index contributed by atoms with van der Waals surface area (Å²) >= 11 is 0. The van der Waals surface area contributed by atoms with Crippen molar-refractivity contribution in [2.24, 2.45) is 0 Å². The molecule has 104 valence electrons. The van der Waals surface area contributed by atoms with E-state index in [4.69, 9.17) is 0 Å². The molecule has 20 heavy (non-hydrogen) atoms. The third-order valence-corrected chi connectivity index (χ3v) is 2.86. The minimum Gasteiger partial charge on any atom is -0.348 e. The highest BCUT2D eigenvalue weighted by Gasteiger charge is 2.12. The van der Waals surface area contributed by atoms with Crippen molar-refractivity contribution < 1.29 is 18.0 Å². The summed E-state index contributed by atoms with van der Waals surface area (Å²) in [6.07, 6.45) is 0. The van der Waals surface area contributed by atoms with Crippen molar-refractivity contribution in [2.45, 2.75) is 13.5 Å². The summed E-state index contributed by atoms with van der Waals surface area (Å²) < 4.78 is 39.7. The number of hydrogen-bond donors (Lipinski definition) is 1. The maximum absolute atomic E-state index is 13.4. The van der Waals surface area contributed by atoms with Crippen LogP contribution in [0.1, 0.15) is 21.5 Å². The molecule has 0 saturated carbocycles. The van der Waals surface area contributed by atoms with Gasteiger partial charge in [0.05, 0.1) is 5.56 Å². The van der Waals surface area contributed by atoms with Crippen LogP contribution in [-0.2, 0) is 6.54 Å². The zero-order valence-corrected chi connectivity index (χ0v) is 10.7. The minimum atomic E-state index is -0.806. The van der Waals surface area contributed by atoms with Crippen molar-refractivity contribution in [1.82, 2.24) is 5.32 Å². The Labute approximate surface area is 114 Å². The summed E-state index contributed by atoms with van der Waals surface area (Å²) in [6.45, 7) is 1.66. The molecule has 0 atom stereocenters. The highest BCUT2D eigenvalue weighted by molar-refractivity contribution is 5.94. The number of amides is 1. The summed E-state index contributed by atoms with van der Waals surface area (Å²) in [5.74, 6) is -2.63. The van der Waals surface area contributed by atoms with Crippen LogP contribution in [0.2, 0.25) is 0 Å². The van der Waals surface area contributed by atoms with E-state index in [1.807, 2.05) is 0 Å². The molecule has 0 saturated heterocycles. The largest absolute Gasteiger partial charge is 0.348 e. The molecular formula is C15H12F3NO. The van der Waals surface area contributed by atoms with Crippen molar-refractivity contribution in [1.29, 1.82) is 0 Å². The Kier molecular flexibility index (Phi) is 4.08. The fourth-order valence-corrected chi connectivity index (χ4v) is 1.70. The van der Waals surface area contributed by atoms with Gasteiger partial charge in [-0.25, -0.2) is 13.2 Å². The summed E-state index contributed by atoms with van der Waals surface area (Å²) in [6, 6.07) is 7.16. The first-order valence-electron chi connectivity index (χ1n) is 5.95. The van der Waals surface area contributed by atoms with Crippen LogP contribution in [-0.4, -0.2) is 5.91 Å². The lowest BCUT2D eigenvalue weighted by Crippen LogP contribution is -2.24. The number of carbonyl (C=O) groups is 1. The van der Waals surface area contributed by atoms with Gasteiger partial charge in [-0.3, -0.25) is 4.79 Å². The Balaban J connectivity index is 2.08. The molecular weight excluding hydrogens is 267 g/mol. The Morgan fingerprint density at radius 1 is 1.05 bits per heavy atom. The number of rotatable bonds is 3. The highest BCUT2D eigenvalue weighted by atomic mass is 19.1. The van der Waals surface area contributed by atoms with Gasteiger partial charge in [0.1, 0.15) is 17.5 Å². The van der Waals surface area contributed by atoms with Crippen LogP contribution < -0.4 is 5.32 Å². The number of hydrogen-bond acceptors (Lipinski definition) is 1. The van der Waals surface area contributed by atoms with Gasteiger partial charge in [0.25, 0.3) is 5.91 Å². The molecule has 2 aromatic carbocycles. The lowest BCUT2D eigenvalue weighted by Gasteiger charge is -2.07. The van der Waals surface area contributed by atoms with Crippen LogP contribution in [0.25, 0.3) is 0 Å². The van der Waals surface area contributed by atoms with Crippen molar-refractivity contribution in [2.75, 3.05) is 0 Å². The maximum atomic E-state index is 13.4.